The van der Waals surface area contributed by atoms with Crippen LogP contribution < -0.4 is 0 Å². The third-order valence-corrected chi connectivity index (χ3v) is 4.79. The van der Waals surface area contributed by atoms with Gasteiger partial charge in [0, 0.05) is 6.54 Å². The first kappa shape index (κ1) is 15.3. The van der Waals surface area contributed by atoms with Crippen molar-refractivity contribution >= 4 is 5.97 Å². The Kier molecular flexibility index (Phi) is 4.32. The lowest BCUT2D eigenvalue weighted by atomic mass is 9.85. The second-order valence-electron chi connectivity index (χ2n) is 6.21. The maximum absolute atomic E-state index is 12.7. The van der Waals surface area contributed by atoms with Gasteiger partial charge in [-0.3, -0.25) is 4.90 Å². The van der Waals surface area contributed by atoms with Gasteiger partial charge in [-0.25, -0.2) is 4.79 Å². The van der Waals surface area contributed by atoms with Gasteiger partial charge >= 0.3 is 5.97 Å². The molecule has 3 fully saturated rings. The van der Waals surface area contributed by atoms with Gasteiger partial charge in [0.25, 0.3) is 0 Å². The highest BCUT2D eigenvalue weighted by Crippen LogP contribution is 2.32. The summed E-state index contributed by atoms with van der Waals surface area (Å²) in [5.41, 5.74) is -1.17. The van der Waals surface area contributed by atoms with Crippen LogP contribution in [-0.4, -0.2) is 41.7 Å². The SMILES string of the molecule is C/C=C\C(O)(C(=O)OC1CN2CCC1CC2)c1ccccc1. The fraction of sp³-hybridized carbons (Fsp3) is 0.500. The molecule has 0 spiro atoms. The van der Waals surface area contributed by atoms with Crippen molar-refractivity contribution in [3.8, 4) is 0 Å². The van der Waals surface area contributed by atoms with Gasteiger partial charge in [0.2, 0.25) is 5.60 Å². The number of allylic oxidation sites excluding steroid dienone is 1. The number of carbonyl (C=O) groups is 1. The van der Waals surface area contributed by atoms with Gasteiger partial charge in [-0.2, -0.15) is 0 Å². The van der Waals surface area contributed by atoms with E-state index in [0.717, 1.165) is 32.5 Å². The minimum absolute atomic E-state index is 0.101. The van der Waals surface area contributed by atoms with E-state index in [1.165, 1.54) is 6.08 Å². The number of ether oxygens (including phenoxy) is 1. The van der Waals surface area contributed by atoms with Gasteiger partial charge in [-0.15, -0.1) is 0 Å². The smallest absolute Gasteiger partial charge is 0.347 e. The maximum atomic E-state index is 12.7. The van der Waals surface area contributed by atoms with Crippen molar-refractivity contribution in [3.05, 3.63) is 48.0 Å². The second-order valence-corrected chi connectivity index (χ2v) is 6.21. The predicted octanol–water partition coefficient (Wildman–Crippen LogP) is 2.09. The van der Waals surface area contributed by atoms with E-state index in [-0.39, 0.29) is 6.10 Å². The number of nitrogens with zero attached hydrogens (tertiary/aromatic N) is 1. The third-order valence-electron chi connectivity index (χ3n) is 4.79. The van der Waals surface area contributed by atoms with E-state index in [0.29, 0.717) is 11.5 Å². The number of piperidine rings is 3. The second kappa shape index (κ2) is 6.23. The lowest BCUT2D eigenvalue weighted by Gasteiger charge is -2.44. The van der Waals surface area contributed by atoms with Gasteiger partial charge in [0.1, 0.15) is 6.10 Å². The summed E-state index contributed by atoms with van der Waals surface area (Å²) in [7, 11) is 0. The molecule has 0 aromatic heterocycles. The summed E-state index contributed by atoms with van der Waals surface area (Å²) in [4.78, 5) is 15.0. The summed E-state index contributed by atoms with van der Waals surface area (Å²) in [6.45, 7) is 4.76. The average molecular weight is 301 g/mol. The van der Waals surface area contributed by atoms with Gasteiger partial charge in [0.15, 0.2) is 0 Å². The Morgan fingerprint density at radius 3 is 2.55 bits per heavy atom. The minimum atomic E-state index is -1.71. The molecule has 1 aromatic carbocycles. The Morgan fingerprint density at radius 1 is 1.32 bits per heavy atom. The van der Waals surface area contributed by atoms with Crippen LogP contribution in [0.15, 0.2) is 42.5 Å². The first-order valence-corrected chi connectivity index (χ1v) is 7.98. The Morgan fingerprint density at radius 2 is 2.00 bits per heavy atom. The molecular formula is C18H23NO3. The van der Waals surface area contributed by atoms with Crippen LogP contribution in [0, 0.1) is 5.92 Å². The van der Waals surface area contributed by atoms with Crippen LogP contribution in [0.1, 0.15) is 25.3 Å². The molecule has 2 unspecified atom stereocenters. The van der Waals surface area contributed by atoms with Crippen LogP contribution in [0.5, 0.6) is 0 Å². The molecular weight excluding hydrogens is 278 g/mol. The van der Waals surface area contributed by atoms with E-state index in [9.17, 15) is 9.90 Å². The summed E-state index contributed by atoms with van der Waals surface area (Å²) in [6.07, 6.45) is 5.24. The fourth-order valence-corrected chi connectivity index (χ4v) is 3.49. The summed E-state index contributed by atoms with van der Waals surface area (Å²) < 4.78 is 5.72. The maximum Gasteiger partial charge on any atom is 0.347 e. The van der Waals surface area contributed by atoms with Crippen LogP contribution >= 0.6 is 0 Å². The molecule has 3 saturated heterocycles. The molecule has 4 rings (SSSR count). The zero-order valence-corrected chi connectivity index (χ0v) is 12.9. The van der Waals surface area contributed by atoms with Crippen LogP contribution in [0.4, 0.5) is 0 Å². The largest absolute Gasteiger partial charge is 0.458 e. The standard InChI is InChI=1S/C18H23NO3/c1-2-10-18(21,15-6-4-3-5-7-15)17(20)22-16-13-19-11-8-14(16)9-12-19/h2-7,10,14,16,21H,8-9,11-13H2,1H3/b10-2-. The quantitative estimate of drug-likeness (QED) is 0.683. The highest BCUT2D eigenvalue weighted by molar-refractivity contribution is 5.83. The van der Waals surface area contributed by atoms with Gasteiger partial charge < -0.3 is 9.84 Å². The molecule has 0 saturated carbocycles. The number of benzene rings is 1. The molecule has 2 atom stereocenters. The molecule has 2 bridgehead atoms. The van der Waals surface area contributed by atoms with Crippen molar-refractivity contribution in [3.63, 3.8) is 0 Å². The van der Waals surface area contributed by atoms with Crippen molar-refractivity contribution in [2.45, 2.75) is 31.5 Å². The molecule has 0 aliphatic carbocycles. The van der Waals surface area contributed by atoms with Gasteiger partial charge in [-0.05, 0) is 50.4 Å². The number of esters is 1. The van der Waals surface area contributed by atoms with E-state index in [4.69, 9.17) is 4.74 Å². The van der Waals surface area contributed by atoms with Crippen molar-refractivity contribution in [1.82, 2.24) is 4.90 Å². The lowest BCUT2D eigenvalue weighted by Crippen LogP contribution is -2.53. The number of hydrogen-bond donors (Lipinski definition) is 1. The summed E-state index contributed by atoms with van der Waals surface area (Å²) in [5.74, 6) is -0.143. The lowest BCUT2D eigenvalue weighted by molar-refractivity contribution is -0.176. The zero-order valence-electron chi connectivity index (χ0n) is 12.9. The highest BCUT2D eigenvalue weighted by atomic mass is 16.6. The fourth-order valence-electron chi connectivity index (χ4n) is 3.49. The zero-order chi connectivity index (χ0) is 15.6. The van der Waals surface area contributed by atoms with E-state index in [1.807, 2.05) is 18.2 Å². The summed E-state index contributed by atoms with van der Waals surface area (Å²) in [6, 6.07) is 8.98. The Balaban J connectivity index is 1.79. The van der Waals surface area contributed by atoms with E-state index < -0.39 is 11.6 Å². The molecule has 1 N–H and O–H groups in total. The normalized spacial score (nSPS) is 30.2. The number of hydrogen-bond acceptors (Lipinski definition) is 4. The third kappa shape index (κ3) is 2.81. The first-order valence-electron chi connectivity index (χ1n) is 7.98. The van der Waals surface area contributed by atoms with Crippen molar-refractivity contribution < 1.29 is 14.6 Å². The van der Waals surface area contributed by atoms with Crippen molar-refractivity contribution in [2.75, 3.05) is 19.6 Å². The van der Waals surface area contributed by atoms with Gasteiger partial charge in [-0.1, -0.05) is 36.4 Å². The van der Waals surface area contributed by atoms with Crippen LogP contribution in [-0.2, 0) is 15.1 Å². The molecule has 118 valence electrons. The van der Waals surface area contributed by atoms with Gasteiger partial charge in [0.05, 0.1) is 0 Å². The molecule has 3 heterocycles. The Labute approximate surface area is 131 Å². The number of carbonyl (C=O) groups excluding carboxylic acids is 1. The van der Waals surface area contributed by atoms with Crippen LogP contribution in [0.25, 0.3) is 0 Å². The number of aliphatic hydroxyl groups is 1. The number of rotatable bonds is 4. The highest BCUT2D eigenvalue weighted by Gasteiger charge is 2.42. The molecule has 22 heavy (non-hydrogen) atoms. The summed E-state index contributed by atoms with van der Waals surface area (Å²) >= 11 is 0. The van der Waals surface area contributed by atoms with Crippen LogP contribution in [0.3, 0.4) is 0 Å². The Bertz CT molecular complexity index is 549. The summed E-state index contributed by atoms with van der Waals surface area (Å²) in [5, 5.41) is 10.9. The monoisotopic (exact) mass is 301 g/mol. The van der Waals surface area contributed by atoms with E-state index in [2.05, 4.69) is 4.90 Å². The molecule has 3 aliphatic heterocycles. The number of fused-ring (bicyclic) bond motifs is 3. The van der Waals surface area contributed by atoms with Crippen molar-refractivity contribution in [1.29, 1.82) is 0 Å². The van der Waals surface area contributed by atoms with E-state index >= 15 is 0 Å². The predicted molar refractivity (Wildman–Crippen MR) is 84.2 cm³/mol. The molecule has 1 aromatic rings. The van der Waals surface area contributed by atoms with E-state index in [1.54, 1.807) is 25.1 Å². The van der Waals surface area contributed by atoms with Crippen molar-refractivity contribution in [2.24, 2.45) is 5.92 Å². The van der Waals surface area contributed by atoms with Crippen LogP contribution in [0.2, 0.25) is 0 Å². The molecule has 4 nitrogen and oxygen atoms in total. The molecule has 0 radical (unpaired) electrons. The Hall–Kier alpha value is -1.65. The molecule has 4 heteroatoms. The minimum Gasteiger partial charge on any atom is -0.458 e. The average Bonchev–Trinajstić information content (AvgIpc) is 2.57. The molecule has 0 amide bonds. The molecule has 3 aliphatic rings. The topological polar surface area (TPSA) is 49.8 Å². The first-order chi connectivity index (χ1) is 10.6.